The summed E-state index contributed by atoms with van der Waals surface area (Å²) in [7, 11) is 1.30. The SMILES string of the molecule is COC(=O)c1cc[c]([Hg][C](=O)OSC)c(CBr)c1Cl. The fraction of sp³-hybridized carbons (Fsp3) is 0.273. The predicted molar refractivity (Wildman–Crippen MR) is 75.1 cm³/mol. The average Bonchev–Trinajstić information content (AvgIpc) is 2.38. The van der Waals surface area contributed by atoms with Crippen LogP contribution in [0.5, 0.6) is 0 Å². The molecule has 1 aromatic carbocycles. The number of alkyl halides is 1. The third-order valence-electron chi connectivity index (χ3n) is 2.39. The molecule has 0 aromatic heterocycles. The zero-order chi connectivity index (χ0) is 14.4. The van der Waals surface area contributed by atoms with E-state index in [0.29, 0.717) is 15.9 Å². The van der Waals surface area contributed by atoms with E-state index in [4.69, 9.17) is 15.8 Å². The topological polar surface area (TPSA) is 52.6 Å². The molecule has 0 saturated carbocycles. The van der Waals surface area contributed by atoms with Crippen molar-refractivity contribution >= 4 is 52.1 Å². The predicted octanol–water partition coefficient (Wildman–Crippen LogP) is 3.14. The Balaban J connectivity index is 3.11. The Morgan fingerprint density at radius 3 is 2.68 bits per heavy atom. The Kier molecular flexibility index (Phi) is 7.72. The first-order valence-electron chi connectivity index (χ1n) is 5.23. The van der Waals surface area contributed by atoms with Crippen LogP contribution in [0, 0.1) is 0 Å². The van der Waals surface area contributed by atoms with Crippen molar-refractivity contribution in [3.8, 4) is 0 Å². The van der Waals surface area contributed by atoms with E-state index < -0.39 is 30.5 Å². The third kappa shape index (κ3) is 4.61. The van der Waals surface area contributed by atoms with Gasteiger partial charge < -0.3 is 0 Å². The van der Waals surface area contributed by atoms with Crippen molar-refractivity contribution < 1.29 is 43.1 Å². The van der Waals surface area contributed by atoms with Crippen LogP contribution in [0.25, 0.3) is 0 Å². The number of hydrogen-bond donors (Lipinski definition) is 0. The van der Waals surface area contributed by atoms with Gasteiger partial charge in [-0.05, 0) is 0 Å². The molecule has 8 heteroatoms. The maximum absolute atomic E-state index is 11.6. The normalized spacial score (nSPS) is 9.68. The van der Waals surface area contributed by atoms with Gasteiger partial charge in [0.15, 0.2) is 0 Å². The van der Waals surface area contributed by atoms with E-state index in [9.17, 15) is 9.59 Å². The molecular formula is C11H10BrClHgO4S. The summed E-state index contributed by atoms with van der Waals surface area (Å²) in [6, 6.07) is 3.37. The van der Waals surface area contributed by atoms with E-state index >= 15 is 0 Å². The Morgan fingerprint density at radius 2 is 2.16 bits per heavy atom. The first-order chi connectivity index (χ1) is 9.04. The van der Waals surface area contributed by atoms with Crippen LogP contribution in [0.2, 0.25) is 5.02 Å². The minimum atomic E-state index is -2.07. The zero-order valence-electron chi connectivity index (χ0n) is 10.4. The minimum absolute atomic E-state index is 0.142. The molecule has 0 saturated heterocycles. The molecule has 1 aromatic rings. The van der Waals surface area contributed by atoms with Crippen LogP contribution in [0.15, 0.2) is 12.1 Å². The Hall–Kier alpha value is 0.215. The molecule has 0 unspecified atom stereocenters. The van der Waals surface area contributed by atoms with Gasteiger partial charge in [0.25, 0.3) is 0 Å². The van der Waals surface area contributed by atoms with Gasteiger partial charge in [0, 0.05) is 0 Å². The van der Waals surface area contributed by atoms with Gasteiger partial charge in [-0.25, -0.2) is 0 Å². The molecule has 0 bridgehead atoms. The van der Waals surface area contributed by atoms with Crippen LogP contribution in [0.1, 0.15) is 15.9 Å². The molecule has 100 valence electrons. The van der Waals surface area contributed by atoms with Gasteiger partial charge in [0.05, 0.1) is 0 Å². The van der Waals surface area contributed by atoms with E-state index in [1.54, 1.807) is 18.4 Å². The van der Waals surface area contributed by atoms with Gasteiger partial charge in [-0.1, -0.05) is 0 Å². The zero-order valence-corrected chi connectivity index (χ0v) is 19.0. The summed E-state index contributed by atoms with van der Waals surface area (Å²) in [6.07, 6.45) is 1.70. The average molecular weight is 554 g/mol. The van der Waals surface area contributed by atoms with Crippen molar-refractivity contribution in [3.05, 3.63) is 28.3 Å². The van der Waals surface area contributed by atoms with E-state index in [2.05, 4.69) is 20.7 Å². The molecule has 0 fully saturated rings. The molecular weight excluding hydrogens is 544 g/mol. The van der Waals surface area contributed by atoms with E-state index in [-0.39, 0.29) is 3.48 Å². The molecule has 0 heterocycles. The van der Waals surface area contributed by atoms with Crippen molar-refractivity contribution in [2.45, 2.75) is 5.33 Å². The third-order valence-corrected chi connectivity index (χ3v) is 10.3. The number of hydrogen-bond acceptors (Lipinski definition) is 5. The summed E-state index contributed by atoms with van der Waals surface area (Å²) >= 11 is 8.51. The van der Waals surface area contributed by atoms with Crippen LogP contribution < -0.4 is 3.07 Å². The van der Waals surface area contributed by atoms with Crippen LogP contribution in [-0.4, -0.2) is 22.8 Å². The first-order valence-corrected chi connectivity index (χ1v) is 13.4. The second kappa shape index (κ2) is 8.49. The van der Waals surface area contributed by atoms with Crippen molar-refractivity contribution in [1.29, 1.82) is 0 Å². The number of rotatable bonds is 5. The number of benzene rings is 1. The summed E-state index contributed by atoms with van der Waals surface area (Å²) in [4.78, 5) is 23.1. The van der Waals surface area contributed by atoms with Crippen molar-refractivity contribution in [2.75, 3.05) is 13.4 Å². The summed E-state index contributed by atoms with van der Waals surface area (Å²) in [5.74, 6) is -0.484. The standard InChI is InChI=1S/C9H7BrClO2.C2H3O2S.Hg/c1-13-9(12)7-4-2-3-6(5-10)8(7)11;1-5-4-2-3;/h2,4H,5H2,1H3;1H3;. The van der Waals surface area contributed by atoms with E-state index in [0.717, 1.165) is 20.7 Å². The molecule has 4 nitrogen and oxygen atoms in total. The Bertz CT molecular complexity index is 498. The number of esters is 1. The summed E-state index contributed by atoms with van der Waals surface area (Å²) < 4.78 is 10.4. The van der Waals surface area contributed by atoms with Crippen LogP contribution in [0.4, 0.5) is 4.79 Å². The second-order valence-corrected chi connectivity index (χ2v) is 11.5. The first kappa shape index (κ1) is 17.3. The molecule has 1 rings (SSSR count). The van der Waals surface area contributed by atoms with Gasteiger partial charge in [0.2, 0.25) is 0 Å². The van der Waals surface area contributed by atoms with Gasteiger partial charge in [-0.15, -0.1) is 0 Å². The Morgan fingerprint density at radius 1 is 1.47 bits per heavy atom. The summed E-state index contributed by atoms with van der Waals surface area (Å²) in [6.45, 7) is 0. The fourth-order valence-corrected chi connectivity index (χ4v) is 10.9. The summed E-state index contributed by atoms with van der Waals surface area (Å²) in [5, 5.41) is 0.830. The quantitative estimate of drug-likeness (QED) is 0.243. The molecule has 19 heavy (non-hydrogen) atoms. The molecule has 0 amide bonds. The molecule has 0 atom stereocenters. The van der Waals surface area contributed by atoms with Crippen molar-refractivity contribution in [3.63, 3.8) is 0 Å². The maximum atomic E-state index is 11.6. The number of carbonyl (C=O) groups is 2. The molecule has 0 N–H and O–H groups in total. The van der Waals surface area contributed by atoms with Crippen LogP contribution in [0.3, 0.4) is 0 Å². The molecule has 0 radical (unpaired) electrons. The molecule has 0 aliphatic rings. The van der Waals surface area contributed by atoms with Crippen LogP contribution in [-0.2, 0) is 38.8 Å². The number of ether oxygens (including phenoxy) is 1. The van der Waals surface area contributed by atoms with Gasteiger partial charge in [-0.2, -0.15) is 0 Å². The summed E-state index contributed by atoms with van der Waals surface area (Å²) in [5.41, 5.74) is 1.10. The van der Waals surface area contributed by atoms with E-state index in [1.165, 1.54) is 7.11 Å². The van der Waals surface area contributed by atoms with Crippen molar-refractivity contribution in [1.82, 2.24) is 0 Å². The van der Waals surface area contributed by atoms with Gasteiger partial charge >= 0.3 is 142 Å². The Labute approximate surface area is 141 Å². The second-order valence-electron chi connectivity index (χ2n) is 3.49. The number of methoxy groups -OCH3 is 1. The number of carbonyl (C=O) groups excluding carboxylic acids is 2. The van der Waals surface area contributed by atoms with E-state index in [1.807, 2.05) is 0 Å². The van der Waals surface area contributed by atoms with Crippen LogP contribution >= 0.6 is 39.6 Å². The van der Waals surface area contributed by atoms with Crippen molar-refractivity contribution in [2.24, 2.45) is 0 Å². The molecule has 0 aliphatic carbocycles. The monoisotopic (exact) mass is 554 g/mol. The fourth-order valence-electron chi connectivity index (χ4n) is 1.52. The number of halogens is 2. The van der Waals surface area contributed by atoms with Gasteiger partial charge in [-0.3, -0.25) is 0 Å². The molecule has 0 aliphatic heterocycles. The van der Waals surface area contributed by atoms with Gasteiger partial charge in [0.1, 0.15) is 0 Å². The molecule has 0 spiro atoms.